The van der Waals surface area contributed by atoms with Crippen LogP contribution in [0.5, 0.6) is 0 Å². The van der Waals surface area contributed by atoms with E-state index in [0.29, 0.717) is 24.2 Å². The first-order valence-electron chi connectivity index (χ1n) is 7.69. The van der Waals surface area contributed by atoms with Gasteiger partial charge in [-0.1, -0.05) is 12.1 Å². The maximum absolute atomic E-state index is 12.9. The van der Waals surface area contributed by atoms with E-state index in [0.717, 1.165) is 19.3 Å². The monoisotopic (exact) mass is 314 g/mol. The third-order valence-electron chi connectivity index (χ3n) is 3.99. The number of likely N-dealkylation sites (tertiary alicyclic amines) is 1. The van der Waals surface area contributed by atoms with Crippen LogP contribution in [0.15, 0.2) is 30.3 Å². The minimum Gasteiger partial charge on any atom is -0.341 e. The van der Waals surface area contributed by atoms with Crippen LogP contribution in [0.25, 0.3) is 5.57 Å². The molecule has 0 radical (unpaired) electrons. The van der Waals surface area contributed by atoms with Crippen LogP contribution in [0.2, 0.25) is 0 Å². The van der Waals surface area contributed by atoms with E-state index in [4.69, 9.17) is 0 Å². The van der Waals surface area contributed by atoms with Crippen LogP contribution in [0.1, 0.15) is 31.7 Å². The molecule has 0 saturated carbocycles. The molecule has 0 unspecified atom stereocenters. The van der Waals surface area contributed by atoms with Crippen LogP contribution < -0.4 is 0 Å². The van der Waals surface area contributed by atoms with Gasteiger partial charge in [0.15, 0.2) is 11.7 Å². The number of nitriles is 1. The fourth-order valence-corrected chi connectivity index (χ4v) is 2.63. The van der Waals surface area contributed by atoms with E-state index in [9.17, 15) is 19.2 Å². The molecule has 0 aromatic heterocycles. The molecule has 1 aromatic carbocycles. The molecule has 1 aliphatic rings. The molecule has 0 bridgehead atoms. The summed E-state index contributed by atoms with van der Waals surface area (Å²) in [7, 11) is 0. The standard InChI is InChI=1S/C18H19FN2O2/c1-13(14-5-7-15(19)8-6-14)11-17(22)16(12-20)18(23)21-9-3-2-4-10-21/h5-8,11,16H,2-4,9-10H2,1H3/b13-11-/t16-/m1/s1. The maximum Gasteiger partial charge on any atom is 0.247 e. The van der Waals surface area contributed by atoms with Gasteiger partial charge in [0.2, 0.25) is 5.91 Å². The van der Waals surface area contributed by atoms with Gasteiger partial charge in [-0.15, -0.1) is 0 Å². The lowest BCUT2D eigenvalue weighted by atomic mass is 9.98. The summed E-state index contributed by atoms with van der Waals surface area (Å²) in [4.78, 5) is 26.2. The zero-order valence-corrected chi connectivity index (χ0v) is 13.1. The summed E-state index contributed by atoms with van der Waals surface area (Å²) in [5, 5.41) is 9.22. The van der Waals surface area contributed by atoms with E-state index >= 15 is 0 Å². The Morgan fingerprint density at radius 2 is 1.83 bits per heavy atom. The Labute approximate surface area is 135 Å². The summed E-state index contributed by atoms with van der Waals surface area (Å²) >= 11 is 0. The fraction of sp³-hybridized carbons (Fsp3) is 0.389. The molecule has 2 rings (SSSR count). The first-order chi connectivity index (χ1) is 11.0. The number of carbonyl (C=O) groups is 2. The Kier molecular flexibility index (Phi) is 5.64. The highest BCUT2D eigenvalue weighted by Crippen LogP contribution is 2.17. The van der Waals surface area contributed by atoms with E-state index in [2.05, 4.69) is 0 Å². The molecule has 1 saturated heterocycles. The topological polar surface area (TPSA) is 61.2 Å². The Morgan fingerprint density at radius 1 is 1.22 bits per heavy atom. The van der Waals surface area contributed by atoms with Crippen molar-refractivity contribution >= 4 is 17.3 Å². The third-order valence-corrected chi connectivity index (χ3v) is 3.99. The van der Waals surface area contributed by atoms with Crippen molar-refractivity contribution in [3.63, 3.8) is 0 Å². The molecule has 1 heterocycles. The van der Waals surface area contributed by atoms with Gasteiger partial charge in [-0.2, -0.15) is 5.26 Å². The number of amides is 1. The number of halogens is 1. The van der Waals surface area contributed by atoms with Crippen LogP contribution in [0.3, 0.4) is 0 Å². The number of ketones is 1. The number of nitrogens with zero attached hydrogens (tertiary/aromatic N) is 2. The van der Waals surface area contributed by atoms with E-state index in [1.165, 1.54) is 18.2 Å². The lowest BCUT2D eigenvalue weighted by molar-refractivity contribution is -0.138. The summed E-state index contributed by atoms with van der Waals surface area (Å²) in [6, 6.07) is 7.54. The molecule has 0 spiro atoms. The highest BCUT2D eigenvalue weighted by molar-refractivity contribution is 6.11. The maximum atomic E-state index is 12.9. The summed E-state index contributed by atoms with van der Waals surface area (Å²) in [5.74, 6) is -2.60. The van der Waals surface area contributed by atoms with Gasteiger partial charge < -0.3 is 4.90 Å². The summed E-state index contributed by atoms with van der Waals surface area (Å²) in [6.07, 6.45) is 4.17. The second kappa shape index (κ2) is 7.68. The number of benzene rings is 1. The van der Waals surface area contributed by atoms with Gasteiger partial charge in [-0.3, -0.25) is 9.59 Å². The molecule has 4 nitrogen and oxygen atoms in total. The molecule has 1 aromatic rings. The van der Waals surface area contributed by atoms with Gasteiger partial charge in [0, 0.05) is 13.1 Å². The first kappa shape index (κ1) is 16.9. The largest absolute Gasteiger partial charge is 0.341 e. The van der Waals surface area contributed by atoms with Crippen LogP contribution in [0, 0.1) is 23.1 Å². The fourth-order valence-electron chi connectivity index (χ4n) is 2.63. The molecular weight excluding hydrogens is 295 g/mol. The Balaban J connectivity index is 2.12. The van der Waals surface area contributed by atoms with Gasteiger partial charge >= 0.3 is 0 Å². The molecule has 1 atom stereocenters. The minimum absolute atomic E-state index is 0.358. The minimum atomic E-state index is -1.30. The number of hydrogen-bond acceptors (Lipinski definition) is 3. The number of rotatable bonds is 4. The number of carbonyl (C=O) groups excluding carboxylic acids is 2. The first-order valence-corrected chi connectivity index (χ1v) is 7.69. The average Bonchev–Trinajstić information content (AvgIpc) is 2.56. The highest BCUT2D eigenvalue weighted by Gasteiger charge is 2.30. The molecule has 5 heteroatoms. The van der Waals surface area contributed by atoms with Crippen molar-refractivity contribution in [2.45, 2.75) is 26.2 Å². The second-order valence-electron chi connectivity index (χ2n) is 5.68. The smallest absolute Gasteiger partial charge is 0.247 e. The van der Waals surface area contributed by atoms with Crippen molar-refractivity contribution in [2.75, 3.05) is 13.1 Å². The van der Waals surface area contributed by atoms with Crippen molar-refractivity contribution in [3.05, 3.63) is 41.7 Å². The average molecular weight is 314 g/mol. The Hall–Kier alpha value is -2.48. The van der Waals surface area contributed by atoms with Gasteiger partial charge in [-0.05, 0) is 55.5 Å². The quantitative estimate of drug-likeness (QED) is 0.634. The summed E-state index contributed by atoms with van der Waals surface area (Å²) in [6.45, 7) is 2.90. The van der Waals surface area contributed by atoms with E-state index in [1.807, 2.05) is 6.07 Å². The van der Waals surface area contributed by atoms with E-state index in [-0.39, 0.29) is 5.82 Å². The van der Waals surface area contributed by atoms with Gasteiger partial charge in [0.25, 0.3) is 0 Å². The normalized spacial score (nSPS) is 16.6. The zero-order valence-electron chi connectivity index (χ0n) is 13.1. The van der Waals surface area contributed by atoms with Crippen LogP contribution in [0.4, 0.5) is 4.39 Å². The van der Waals surface area contributed by atoms with Crippen LogP contribution in [-0.4, -0.2) is 29.7 Å². The molecule has 23 heavy (non-hydrogen) atoms. The van der Waals surface area contributed by atoms with Gasteiger partial charge in [0.05, 0.1) is 6.07 Å². The highest BCUT2D eigenvalue weighted by atomic mass is 19.1. The summed E-state index contributed by atoms with van der Waals surface area (Å²) < 4.78 is 12.9. The molecule has 1 aliphatic heterocycles. The second-order valence-corrected chi connectivity index (χ2v) is 5.68. The summed E-state index contributed by atoms with van der Waals surface area (Å²) in [5.41, 5.74) is 1.28. The van der Waals surface area contributed by atoms with Crippen molar-refractivity contribution in [2.24, 2.45) is 5.92 Å². The van der Waals surface area contributed by atoms with E-state index < -0.39 is 17.6 Å². The van der Waals surface area contributed by atoms with E-state index in [1.54, 1.807) is 24.0 Å². The molecule has 0 aliphatic carbocycles. The number of piperidine rings is 1. The lowest BCUT2D eigenvalue weighted by Gasteiger charge is -2.27. The lowest BCUT2D eigenvalue weighted by Crippen LogP contribution is -2.41. The predicted octanol–water partition coefficient (Wildman–Crippen LogP) is 2.95. The third kappa shape index (κ3) is 4.26. The van der Waals surface area contributed by atoms with Crippen LogP contribution >= 0.6 is 0 Å². The number of hydrogen-bond donors (Lipinski definition) is 0. The molecule has 1 fully saturated rings. The number of allylic oxidation sites excluding steroid dienone is 2. The van der Waals surface area contributed by atoms with Crippen molar-refractivity contribution in [1.82, 2.24) is 4.90 Å². The molecule has 0 N–H and O–H groups in total. The van der Waals surface area contributed by atoms with Gasteiger partial charge in [-0.25, -0.2) is 4.39 Å². The molecule has 120 valence electrons. The van der Waals surface area contributed by atoms with Crippen LogP contribution in [-0.2, 0) is 9.59 Å². The van der Waals surface area contributed by atoms with Crippen molar-refractivity contribution in [3.8, 4) is 6.07 Å². The van der Waals surface area contributed by atoms with Crippen molar-refractivity contribution in [1.29, 1.82) is 5.26 Å². The molecular formula is C18H19FN2O2. The Bertz CT molecular complexity index is 653. The van der Waals surface area contributed by atoms with Crippen molar-refractivity contribution < 1.29 is 14.0 Å². The SMILES string of the molecule is C/C(=C/C(=O)[C@@H](C#N)C(=O)N1CCCCC1)c1ccc(F)cc1. The predicted molar refractivity (Wildman–Crippen MR) is 84.6 cm³/mol. The van der Waals surface area contributed by atoms with Gasteiger partial charge in [0.1, 0.15) is 5.82 Å². The zero-order chi connectivity index (χ0) is 16.8. The molecule has 1 amide bonds. The Morgan fingerprint density at radius 3 is 2.39 bits per heavy atom.